The molecule has 182 valence electrons. The molecule has 2 aromatic rings. The summed E-state index contributed by atoms with van der Waals surface area (Å²) >= 11 is 0. The summed E-state index contributed by atoms with van der Waals surface area (Å²) in [4.78, 5) is 36.8. The third-order valence-electron chi connectivity index (χ3n) is 6.47. The molecule has 0 unspecified atom stereocenters. The van der Waals surface area contributed by atoms with Crippen molar-refractivity contribution < 1.29 is 14.0 Å². The van der Waals surface area contributed by atoms with E-state index in [-0.39, 0.29) is 23.5 Å². The van der Waals surface area contributed by atoms with E-state index in [0.717, 1.165) is 45.3 Å². The topological polar surface area (TPSA) is 56.8 Å². The van der Waals surface area contributed by atoms with E-state index in [2.05, 4.69) is 23.7 Å². The highest BCUT2D eigenvalue weighted by Crippen LogP contribution is 2.33. The number of hydrogen-bond donors (Lipinski definition) is 0. The summed E-state index contributed by atoms with van der Waals surface area (Å²) in [5.74, 6) is 0.251. The number of pyridine rings is 1. The monoisotopic (exact) mass is 466 g/mol. The smallest absolute Gasteiger partial charge is 0.259 e. The second-order valence-electron chi connectivity index (χ2n) is 9.91. The molecule has 1 aliphatic heterocycles. The third-order valence-corrected chi connectivity index (χ3v) is 6.47. The largest absolute Gasteiger partial charge is 0.338 e. The Kier molecular flexibility index (Phi) is 7.93. The second kappa shape index (κ2) is 11.1. The zero-order valence-electron chi connectivity index (χ0n) is 20.3. The minimum Gasteiger partial charge on any atom is -0.338 e. The maximum Gasteiger partial charge on any atom is 0.259 e. The van der Waals surface area contributed by atoms with Gasteiger partial charge in [0.15, 0.2) is 0 Å². The molecule has 4 rings (SSSR count). The van der Waals surface area contributed by atoms with Gasteiger partial charge in [-0.1, -0.05) is 13.8 Å². The standard InChI is InChI=1S/C27H35FN4O2/c1-20(2)18-30-12-4-14-31(26(33)21-7-8-21)19-23-16-24(28)9-10-25(23)32(15-5-13-30)27(34)22-6-3-11-29-17-22/h3,6,9-11,16-17,20-21H,4-5,7-8,12-15,18-19H2,1-2H3. The number of carbonyl (C=O) groups excluding carboxylic acids is 2. The molecule has 1 aromatic heterocycles. The number of carbonyl (C=O) groups is 2. The minimum absolute atomic E-state index is 0.0878. The van der Waals surface area contributed by atoms with E-state index < -0.39 is 0 Å². The lowest BCUT2D eigenvalue weighted by atomic mass is 10.1. The molecule has 1 aromatic carbocycles. The van der Waals surface area contributed by atoms with Crippen LogP contribution < -0.4 is 4.90 Å². The van der Waals surface area contributed by atoms with Crippen LogP contribution in [-0.4, -0.2) is 59.3 Å². The molecule has 1 saturated carbocycles. The molecule has 6 nitrogen and oxygen atoms in total. The van der Waals surface area contributed by atoms with Crippen LogP contribution in [0, 0.1) is 17.7 Å². The fraction of sp³-hybridized carbons (Fsp3) is 0.519. The van der Waals surface area contributed by atoms with Gasteiger partial charge in [-0.25, -0.2) is 4.39 Å². The zero-order chi connectivity index (χ0) is 24.1. The molecule has 0 bridgehead atoms. The van der Waals surface area contributed by atoms with Gasteiger partial charge < -0.3 is 14.7 Å². The Morgan fingerprint density at radius 2 is 1.85 bits per heavy atom. The van der Waals surface area contributed by atoms with Crippen molar-refractivity contribution in [3.63, 3.8) is 0 Å². The van der Waals surface area contributed by atoms with Crippen LogP contribution in [0.3, 0.4) is 0 Å². The van der Waals surface area contributed by atoms with Crippen LogP contribution in [0.25, 0.3) is 0 Å². The number of benzene rings is 1. The second-order valence-corrected chi connectivity index (χ2v) is 9.91. The summed E-state index contributed by atoms with van der Waals surface area (Å²) in [5.41, 5.74) is 1.83. The van der Waals surface area contributed by atoms with Crippen molar-refractivity contribution in [1.29, 1.82) is 0 Å². The highest BCUT2D eigenvalue weighted by atomic mass is 19.1. The predicted octanol–water partition coefficient (Wildman–Crippen LogP) is 4.36. The number of nitrogens with zero attached hydrogens (tertiary/aromatic N) is 4. The maximum atomic E-state index is 14.4. The Bertz CT molecular complexity index is 993. The minimum atomic E-state index is -0.360. The average Bonchev–Trinajstić information content (AvgIpc) is 3.66. The summed E-state index contributed by atoms with van der Waals surface area (Å²) in [6, 6.07) is 8.05. The Balaban J connectivity index is 1.69. The number of amides is 2. The first-order valence-corrected chi connectivity index (χ1v) is 12.4. The Morgan fingerprint density at radius 3 is 2.53 bits per heavy atom. The number of fused-ring (bicyclic) bond motifs is 1. The molecule has 2 amide bonds. The first-order chi connectivity index (χ1) is 16.4. The van der Waals surface area contributed by atoms with Gasteiger partial charge in [-0.2, -0.15) is 0 Å². The molecule has 1 fully saturated rings. The molecule has 0 saturated heterocycles. The quantitative estimate of drug-likeness (QED) is 0.672. The van der Waals surface area contributed by atoms with Gasteiger partial charge in [0.2, 0.25) is 5.91 Å². The van der Waals surface area contributed by atoms with E-state index in [1.807, 2.05) is 4.90 Å². The van der Waals surface area contributed by atoms with E-state index >= 15 is 0 Å². The molecule has 2 aliphatic rings. The van der Waals surface area contributed by atoms with Crippen LogP contribution in [0.2, 0.25) is 0 Å². The van der Waals surface area contributed by atoms with Crippen LogP contribution in [-0.2, 0) is 11.3 Å². The van der Waals surface area contributed by atoms with Crippen LogP contribution >= 0.6 is 0 Å². The van der Waals surface area contributed by atoms with Crippen molar-refractivity contribution in [2.24, 2.45) is 11.8 Å². The first-order valence-electron chi connectivity index (χ1n) is 12.4. The SMILES string of the molecule is CC(C)CN1CCCN(C(=O)C2CC2)Cc2cc(F)ccc2N(C(=O)c2cccnc2)CCC1. The molecular formula is C27H35FN4O2. The normalized spacial score (nSPS) is 18.2. The number of aromatic nitrogens is 1. The Morgan fingerprint density at radius 1 is 1.09 bits per heavy atom. The van der Waals surface area contributed by atoms with Crippen LogP contribution in [0.15, 0.2) is 42.7 Å². The number of hydrogen-bond acceptors (Lipinski definition) is 4. The molecule has 0 atom stereocenters. The van der Waals surface area contributed by atoms with Crippen molar-refractivity contribution in [2.75, 3.05) is 37.6 Å². The van der Waals surface area contributed by atoms with Crippen molar-refractivity contribution in [1.82, 2.24) is 14.8 Å². The lowest BCUT2D eigenvalue weighted by molar-refractivity contribution is -0.133. The van der Waals surface area contributed by atoms with E-state index in [1.165, 1.54) is 12.1 Å². The number of anilines is 1. The summed E-state index contributed by atoms with van der Waals surface area (Å²) in [6.45, 7) is 8.62. The fourth-order valence-electron chi connectivity index (χ4n) is 4.73. The van der Waals surface area contributed by atoms with Gasteiger partial charge in [-0.15, -0.1) is 0 Å². The van der Waals surface area contributed by atoms with Crippen molar-refractivity contribution in [2.45, 2.75) is 46.1 Å². The van der Waals surface area contributed by atoms with Crippen LogP contribution in [0.4, 0.5) is 10.1 Å². The molecule has 2 heterocycles. The van der Waals surface area contributed by atoms with Gasteiger partial charge in [-0.3, -0.25) is 14.6 Å². The summed E-state index contributed by atoms with van der Waals surface area (Å²) in [7, 11) is 0. The zero-order valence-corrected chi connectivity index (χ0v) is 20.3. The van der Waals surface area contributed by atoms with Crippen molar-refractivity contribution in [3.05, 3.63) is 59.7 Å². The summed E-state index contributed by atoms with van der Waals surface area (Å²) in [5, 5.41) is 0. The van der Waals surface area contributed by atoms with Gasteiger partial charge in [0.25, 0.3) is 5.91 Å². The number of rotatable bonds is 4. The highest BCUT2D eigenvalue weighted by molar-refractivity contribution is 6.06. The van der Waals surface area contributed by atoms with Gasteiger partial charge in [-0.05, 0) is 80.6 Å². The molecule has 1 aliphatic carbocycles. The van der Waals surface area contributed by atoms with E-state index in [1.54, 1.807) is 35.5 Å². The maximum absolute atomic E-state index is 14.4. The average molecular weight is 467 g/mol. The van der Waals surface area contributed by atoms with E-state index in [0.29, 0.717) is 42.4 Å². The molecule has 7 heteroatoms. The lowest BCUT2D eigenvalue weighted by Crippen LogP contribution is -2.40. The van der Waals surface area contributed by atoms with E-state index in [4.69, 9.17) is 0 Å². The molecule has 0 N–H and O–H groups in total. The van der Waals surface area contributed by atoms with Crippen LogP contribution in [0.1, 0.15) is 55.5 Å². The van der Waals surface area contributed by atoms with Gasteiger partial charge >= 0.3 is 0 Å². The predicted molar refractivity (Wildman–Crippen MR) is 131 cm³/mol. The fourth-order valence-corrected chi connectivity index (χ4v) is 4.73. The Labute approximate surface area is 201 Å². The lowest BCUT2D eigenvalue weighted by Gasteiger charge is -2.32. The van der Waals surface area contributed by atoms with Gasteiger partial charge in [0, 0.05) is 50.2 Å². The highest BCUT2D eigenvalue weighted by Gasteiger charge is 2.34. The van der Waals surface area contributed by atoms with Crippen LogP contribution in [0.5, 0.6) is 0 Å². The van der Waals surface area contributed by atoms with Gasteiger partial charge in [0.05, 0.1) is 5.56 Å². The van der Waals surface area contributed by atoms with Crippen molar-refractivity contribution >= 4 is 17.5 Å². The summed E-state index contributed by atoms with van der Waals surface area (Å²) in [6.07, 6.45) is 6.75. The number of halogens is 1. The third kappa shape index (κ3) is 6.20. The molecule has 0 spiro atoms. The first kappa shape index (κ1) is 24.3. The van der Waals surface area contributed by atoms with Crippen molar-refractivity contribution in [3.8, 4) is 0 Å². The van der Waals surface area contributed by atoms with Gasteiger partial charge in [0.1, 0.15) is 5.82 Å². The molecular weight excluding hydrogens is 431 g/mol. The molecule has 34 heavy (non-hydrogen) atoms. The summed E-state index contributed by atoms with van der Waals surface area (Å²) < 4.78 is 14.4. The Hall–Kier alpha value is -2.80. The van der Waals surface area contributed by atoms with E-state index in [9.17, 15) is 14.0 Å². The molecule has 0 radical (unpaired) electrons.